The number of aromatic nitrogens is 4. The minimum atomic E-state index is -0.403. The van der Waals surface area contributed by atoms with Gasteiger partial charge in [-0.15, -0.1) is 16.9 Å². The number of carbonyl (C=O) groups excluding carboxylic acids is 1. The highest BCUT2D eigenvalue weighted by molar-refractivity contribution is 7.98. The Morgan fingerprint density at radius 1 is 1.10 bits per heavy atom. The lowest BCUT2D eigenvalue weighted by molar-refractivity contribution is -0.117. The Morgan fingerprint density at radius 2 is 1.90 bits per heavy atom. The average Bonchev–Trinajstić information content (AvgIpc) is 3.03. The Balaban J connectivity index is 1.67. The van der Waals surface area contributed by atoms with E-state index in [9.17, 15) is 9.59 Å². The van der Waals surface area contributed by atoms with Gasteiger partial charge in [-0.3, -0.25) is 4.79 Å². The van der Waals surface area contributed by atoms with Crippen LogP contribution in [0.4, 0.5) is 5.69 Å². The van der Waals surface area contributed by atoms with Gasteiger partial charge in [-0.25, -0.2) is 18.9 Å². The number of rotatable bonds is 5. The van der Waals surface area contributed by atoms with Gasteiger partial charge in [0.15, 0.2) is 5.65 Å². The summed E-state index contributed by atoms with van der Waals surface area (Å²) in [5, 5.41) is 7.15. The van der Waals surface area contributed by atoms with Crippen molar-refractivity contribution >= 4 is 29.0 Å². The van der Waals surface area contributed by atoms with E-state index < -0.39 is 5.69 Å². The van der Waals surface area contributed by atoms with Gasteiger partial charge in [-0.05, 0) is 31.4 Å². The van der Waals surface area contributed by atoms with Crippen LogP contribution in [0.1, 0.15) is 5.69 Å². The van der Waals surface area contributed by atoms with Crippen LogP contribution in [0.2, 0.25) is 0 Å². The van der Waals surface area contributed by atoms with Gasteiger partial charge in [0.1, 0.15) is 12.4 Å². The van der Waals surface area contributed by atoms with E-state index in [0.717, 1.165) is 20.8 Å². The fraction of sp³-hybridized carbons (Fsp3) is 0.143. The summed E-state index contributed by atoms with van der Waals surface area (Å²) in [6.07, 6.45) is 1.97. The summed E-state index contributed by atoms with van der Waals surface area (Å²) in [5.41, 5.74) is 2.28. The summed E-state index contributed by atoms with van der Waals surface area (Å²) in [4.78, 5) is 31.0. The molecule has 0 aliphatic rings. The standard InChI is InChI=1S/C21H19N5O2S/c1-14-11-18-24-25(13-19(27)23-16-9-6-10-17(12-16)29-2)21(28)26(18)20(22-14)15-7-4-3-5-8-15/h3-12H,13H2,1-2H3,(H,23,27). The molecule has 1 N–H and O–H groups in total. The molecule has 0 saturated heterocycles. The van der Waals surface area contributed by atoms with Crippen LogP contribution in [0.15, 0.2) is 70.4 Å². The van der Waals surface area contributed by atoms with Gasteiger partial charge in [0.25, 0.3) is 0 Å². The molecule has 29 heavy (non-hydrogen) atoms. The molecule has 0 unspecified atom stereocenters. The third-order valence-corrected chi connectivity index (χ3v) is 5.10. The van der Waals surface area contributed by atoms with Crippen molar-refractivity contribution in [3.8, 4) is 11.4 Å². The summed E-state index contributed by atoms with van der Waals surface area (Å²) in [6, 6.07) is 18.7. The van der Waals surface area contributed by atoms with Gasteiger partial charge < -0.3 is 5.32 Å². The third-order valence-electron chi connectivity index (χ3n) is 4.38. The van der Waals surface area contributed by atoms with Crippen molar-refractivity contribution in [2.45, 2.75) is 18.4 Å². The maximum Gasteiger partial charge on any atom is 0.352 e. The lowest BCUT2D eigenvalue weighted by Crippen LogP contribution is -2.28. The largest absolute Gasteiger partial charge is 0.352 e. The molecule has 2 heterocycles. The number of hydrogen-bond acceptors (Lipinski definition) is 5. The molecular weight excluding hydrogens is 386 g/mol. The Labute approximate surface area is 171 Å². The Kier molecular flexibility index (Phi) is 5.18. The molecule has 0 fully saturated rings. The average molecular weight is 405 g/mol. The molecule has 1 amide bonds. The topological polar surface area (TPSA) is 81.3 Å². The molecule has 146 valence electrons. The molecular formula is C21H19N5O2S. The van der Waals surface area contributed by atoms with Crippen LogP contribution in [0.25, 0.3) is 17.0 Å². The zero-order valence-corrected chi connectivity index (χ0v) is 16.8. The van der Waals surface area contributed by atoms with Crippen molar-refractivity contribution in [2.75, 3.05) is 11.6 Å². The molecule has 0 radical (unpaired) electrons. The van der Waals surface area contributed by atoms with Gasteiger partial charge in [0, 0.05) is 27.9 Å². The molecule has 0 aliphatic carbocycles. The van der Waals surface area contributed by atoms with Gasteiger partial charge in [-0.2, -0.15) is 0 Å². The van der Waals surface area contributed by atoms with Crippen molar-refractivity contribution in [2.24, 2.45) is 0 Å². The summed E-state index contributed by atoms with van der Waals surface area (Å²) >= 11 is 1.59. The van der Waals surface area contributed by atoms with Gasteiger partial charge >= 0.3 is 5.69 Å². The van der Waals surface area contributed by atoms with Crippen molar-refractivity contribution < 1.29 is 4.79 Å². The molecule has 0 bridgehead atoms. The second-order valence-electron chi connectivity index (χ2n) is 6.50. The normalized spacial score (nSPS) is 11.0. The molecule has 7 nitrogen and oxygen atoms in total. The predicted molar refractivity (Wildman–Crippen MR) is 114 cm³/mol. The second kappa shape index (κ2) is 7.92. The Hall–Kier alpha value is -3.39. The number of nitrogens with zero attached hydrogens (tertiary/aromatic N) is 4. The maximum absolute atomic E-state index is 13.0. The minimum absolute atomic E-state index is 0.183. The van der Waals surface area contributed by atoms with E-state index in [0.29, 0.717) is 17.2 Å². The number of carbonyl (C=O) groups is 1. The number of nitrogens with one attached hydrogen (secondary N) is 1. The lowest BCUT2D eigenvalue weighted by Gasteiger charge is -2.06. The van der Waals surface area contributed by atoms with E-state index >= 15 is 0 Å². The molecule has 8 heteroatoms. The maximum atomic E-state index is 13.0. The van der Waals surface area contributed by atoms with E-state index in [1.807, 2.05) is 67.8 Å². The molecule has 2 aromatic heterocycles. The van der Waals surface area contributed by atoms with Crippen LogP contribution in [-0.4, -0.2) is 31.3 Å². The number of aryl methyl sites for hydroxylation is 1. The predicted octanol–water partition coefficient (Wildman–Crippen LogP) is 3.23. The molecule has 2 aromatic carbocycles. The monoisotopic (exact) mass is 405 g/mol. The first-order valence-electron chi connectivity index (χ1n) is 9.02. The van der Waals surface area contributed by atoms with Crippen LogP contribution < -0.4 is 11.0 Å². The van der Waals surface area contributed by atoms with E-state index in [-0.39, 0.29) is 12.5 Å². The van der Waals surface area contributed by atoms with Crippen molar-refractivity contribution in [1.82, 2.24) is 19.2 Å². The minimum Gasteiger partial charge on any atom is -0.324 e. The highest BCUT2D eigenvalue weighted by Gasteiger charge is 2.16. The van der Waals surface area contributed by atoms with Gasteiger partial charge in [0.2, 0.25) is 5.91 Å². The van der Waals surface area contributed by atoms with Gasteiger partial charge in [0.05, 0.1) is 0 Å². The summed E-state index contributed by atoms with van der Waals surface area (Å²) in [5.74, 6) is 0.185. The molecule has 4 aromatic rings. The molecule has 4 rings (SSSR count). The van der Waals surface area contributed by atoms with Crippen LogP contribution in [0.3, 0.4) is 0 Å². The molecule has 0 spiro atoms. The van der Waals surface area contributed by atoms with E-state index in [1.54, 1.807) is 17.8 Å². The van der Waals surface area contributed by atoms with Crippen LogP contribution >= 0.6 is 11.8 Å². The highest BCUT2D eigenvalue weighted by atomic mass is 32.2. The number of fused-ring (bicyclic) bond motifs is 1. The summed E-state index contributed by atoms with van der Waals surface area (Å²) in [7, 11) is 0. The number of hydrogen-bond donors (Lipinski definition) is 1. The van der Waals surface area contributed by atoms with Crippen molar-refractivity contribution in [3.05, 3.63) is 76.8 Å². The van der Waals surface area contributed by atoms with E-state index in [4.69, 9.17) is 0 Å². The summed E-state index contributed by atoms with van der Waals surface area (Å²) in [6.45, 7) is 1.67. The highest BCUT2D eigenvalue weighted by Crippen LogP contribution is 2.19. The molecule has 0 saturated carbocycles. The third kappa shape index (κ3) is 3.93. The van der Waals surface area contributed by atoms with Crippen LogP contribution in [0, 0.1) is 6.92 Å². The zero-order chi connectivity index (χ0) is 20.4. The first-order valence-corrected chi connectivity index (χ1v) is 10.2. The van der Waals surface area contributed by atoms with E-state index in [1.165, 1.54) is 4.40 Å². The SMILES string of the molecule is CSc1cccc(NC(=O)Cn2nc3cc(C)nc(-c4ccccc4)n3c2=O)c1. The lowest BCUT2D eigenvalue weighted by atomic mass is 10.2. The van der Waals surface area contributed by atoms with Crippen molar-refractivity contribution in [1.29, 1.82) is 0 Å². The first-order chi connectivity index (χ1) is 14.0. The fourth-order valence-electron chi connectivity index (χ4n) is 3.07. The van der Waals surface area contributed by atoms with E-state index in [2.05, 4.69) is 15.4 Å². The summed E-state index contributed by atoms with van der Waals surface area (Å²) < 4.78 is 2.60. The first kappa shape index (κ1) is 18.9. The van der Waals surface area contributed by atoms with Crippen molar-refractivity contribution in [3.63, 3.8) is 0 Å². The second-order valence-corrected chi connectivity index (χ2v) is 7.38. The molecule has 0 atom stereocenters. The fourth-order valence-corrected chi connectivity index (χ4v) is 3.53. The quantitative estimate of drug-likeness (QED) is 0.516. The molecule has 0 aliphatic heterocycles. The Bertz CT molecular complexity index is 1250. The van der Waals surface area contributed by atoms with Gasteiger partial charge in [-0.1, -0.05) is 36.4 Å². The zero-order valence-electron chi connectivity index (χ0n) is 16.0. The Morgan fingerprint density at radius 3 is 2.66 bits per heavy atom. The number of anilines is 1. The number of amides is 1. The number of benzene rings is 2. The van der Waals surface area contributed by atoms with Crippen LogP contribution in [-0.2, 0) is 11.3 Å². The smallest absolute Gasteiger partial charge is 0.324 e. The van der Waals surface area contributed by atoms with Crippen LogP contribution in [0.5, 0.6) is 0 Å². The number of thioether (sulfide) groups is 1.